The van der Waals surface area contributed by atoms with Crippen molar-refractivity contribution in [3.05, 3.63) is 53.3 Å². The Morgan fingerprint density at radius 3 is 2.84 bits per heavy atom. The van der Waals surface area contributed by atoms with Gasteiger partial charge in [-0.1, -0.05) is 18.2 Å². The number of aryl methyl sites for hydroxylation is 1. The van der Waals surface area contributed by atoms with Gasteiger partial charge in [-0.2, -0.15) is 0 Å². The van der Waals surface area contributed by atoms with Crippen molar-refractivity contribution in [2.45, 2.75) is 50.6 Å². The average molecular weight is 416 g/mol. The van der Waals surface area contributed by atoms with Crippen molar-refractivity contribution in [1.29, 1.82) is 0 Å². The van der Waals surface area contributed by atoms with Crippen molar-refractivity contribution in [2.24, 2.45) is 4.99 Å². The van der Waals surface area contributed by atoms with Gasteiger partial charge in [-0.05, 0) is 69.5 Å². The molecule has 4 aliphatic rings. The number of rotatable bonds is 4. The van der Waals surface area contributed by atoms with Crippen LogP contribution in [0.1, 0.15) is 48.5 Å². The second-order valence-corrected chi connectivity index (χ2v) is 10.0. The number of aliphatic imine (C=N–C) groups is 1. The lowest BCUT2D eigenvalue weighted by molar-refractivity contribution is 0.199. The summed E-state index contributed by atoms with van der Waals surface area (Å²) in [5.74, 6) is 0. The second-order valence-electron chi connectivity index (χ2n) is 10.0. The molecular formula is C26H33N5. The molecule has 1 aromatic heterocycles. The number of hydrogen-bond donors (Lipinski definition) is 0. The van der Waals surface area contributed by atoms with Crippen LogP contribution in [0.25, 0.3) is 0 Å². The molecule has 6 rings (SSSR count). The summed E-state index contributed by atoms with van der Waals surface area (Å²) in [6.45, 7) is 7.70. The van der Waals surface area contributed by atoms with Crippen LogP contribution in [0.5, 0.6) is 0 Å². The van der Waals surface area contributed by atoms with E-state index in [1.54, 1.807) is 0 Å². The van der Waals surface area contributed by atoms with Crippen LogP contribution in [0.2, 0.25) is 0 Å². The smallest absolute Gasteiger partial charge is 0.0898 e. The summed E-state index contributed by atoms with van der Waals surface area (Å²) in [4.78, 5) is 17.7. The Morgan fingerprint density at radius 1 is 1.10 bits per heavy atom. The van der Waals surface area contributed by atoms with Gasteiger partial charge >= 0.3 is 0 Å². The van der Waals surface area contributed by atoms with Crippen LogP contribution in [0, 0.1) is 6.92 Å². The predicted octanol–water partition coefficient (Wildman–Crippen LogP) is 4.14. The highest BCUT2D eigenvalue weighted by molar-refractivity contribution is 5.98. The van der Waals surface area contributed by atoms with Gasteiger partial charge in [0.15, 0.2) is 0 Å². The predicted molar refractivity (Wildman–Crippen MR) is 127 cm³/mol. The molecule has 0 radical (unpaired) electrons. The topological polar surface area (TPSA) is 35.0 Å². The summed E-state index contributed by atoms with van der Waals surface area (Å²) >= 11 is 0. The minimum absolute atomic E-state index is 0.426. The molecule has 3 fully saturated rings. The molecule has 1 aromatic carbocycles. The number of aromatic nitrogens is 1. The normalized spacial score (nSPS) is 25.2. The summed E-state index contributed by atoms with van der Waals surface area (Å²) in [7, 11) is 2.30. The van der Waals surface area contributed by atoms with Gasteiger partial charge in [-0.25, -0.2) is 0 Å². The molecule has 1 spiro atoms. The molecule has 0 N–H and O–H groups in total. The van der Waals surface area contributed by atoms with Crippen LogP contribution in [0.3, 0.4) is 0 Å². The fourth-order valence-electron chi connectivity index (χ4n) is 5.97. The molecule has 1 saturated carbocycles. The Morgan fingerprint density at radius 2 is 2.00 bits per heavy atom. The first-order chi connectivity index (χ1) is 15.1. The Bertz CT molecular complexity index is 1020. The molecule has 1 atom stereocenters. The van der Waals surface area contributed by atoms with Crippen molar-refractivity contribution in [2.75, 3.05) is 44.7 Å². The molecule has 0 amide bonds. The number of benzene rings is 1. The van der Waals surface area contributed by atoms with E-state index in [1.807, 2.05) is 12.3 Å². The highest BCUT2D eigenvalue weighted by Crippen LogP contribution is 2.46. The summed E-state index contributed by atoms with van der Waals surface area (Å²) in [6, 6.07) is 11.5. The molecule has 2 aromatic rings. The third-order valence-corrected chi connectivity index (χ3v) is 8.05. The van der Waals surface area contributed by atoms with Crippen molar-refractivity contribution < 1.29 is 0 Å². The van der Waals surface area contributed by atoms with Crippen molar-refractivity contribution >= 4 is 17.1 Å². The largest absolute Gasteiger partial charge is 0.367 e. The third-order valence-electron chi connectivity index (χ3n) is 8.05. The second kappa shape index (κ2) is 7.42. The maximum atomic E-state index is 5.23. The average Bonchev–Trinajstić information content (AvgIpc) is 3.19. The van der Waals surface area contributed by atoms with Gasteiger partial charge in [-0.15, -0.1) is 0 Å². The number of para-hydroxylation sites is 1. The lowest BCUT2D eigenvalue weighted by Gasteiger charge is -2.41. The van der Waals surface area contributed by atoms with Gasteiger partial charge in [0, 0.05) is 50.0 Å². The molecular weight excluding hydrogens is 382 g/mol. The zero-order valence-electron chi connectivity index (χ0n) is 18.8. The number of piperazine rings is 1. The fraction of sp³-hybridized carbons (Fsp3) is 0.538. The fourth-order valence-corrected chi connectivity index (χ4v) is 5.97. The van der Waals surface area contributed by atoms with Crippen LogP contribution in [-0.4, -0.2) is 65.8 Å². The summed E-state index contributed by atoms with van der Waals surface area (Å²) in [5, 5.41) is 0. The number of likely N-dealkylation sites (tertiary alicyclic amines) is 1. The van der Waals surface area contributed by atoms with Gasteiger partial charge < -0.3 is 4.90 Å². The highest BCUT2D eigenvalue weighted by Gasteiger charge is 2.49. The first-order valence-corrected chi connectivity index (χ1v) is 11.9. The van der Waals surface area contributed by atoms with E-state index in [0.29, 0.717) is 11.6 Å². The van der Waals surface area contributed by atoms with Crippen LogP contribution in [0.15, 0.2) is 41.5 Å². The Balaban J connectivity index is 1.23. The van der Waals surface area contributed by atoms with E-state index in [9.17, 15) is 0 Å². The lowest BCUT2D eigenvalue weighted by atomic mass is 10.0. The number of fused-ring (bicyclic) bond motifs is 1. The van der Waals surface area contributed by atoms with E-state index >= 15 is 0 Å². The number of likely N-dealkylation sites (N-methyl/N-ethyl adjacent to an activating group) is 1. The van der Waals surface area contributed by atoms with Crippen LogP contribution in [0.4, 0.5) is 11.4 Å². The maximum absolute atomic E-state index is 5.23. The quantitative estimate of drug-likeness (QED) is 0.752. The summed E-state index contributed by atoms with van der Waals surface area (Å²) in [5.41, 5.74) is 8.30. The number of nitrogens with zero attached hydrogens (tertiary/aromatic N) is 5. The Kier molecular flexibility index (Phi) is 4.65. The van der Waals surface area contributed by atoms with E-state index in [1.165, 1.54) is 59.6 Å². The minimum Gasteiger partial charge on any atom is -0.367 e. The van der Waals surface area contributed by atoms with E-state index in [-0.39, 0.29) is 0 Å². The SMILES string of the molecule is Cc1cccnc1C1CCCN1CC1=Nc2c(cccc2N2CCN(C)C3(CC3)C2)C1. The van der Waals surface area contributed by atoms with Gasteiger partial charge in [0.05, 0.1) is 23.1 Å². The van der Waals surface area contributed by atoms with E-state index < -0.39 is 0 Å². The van der Waals surface area contributed by atoms with Crippen molar-refractivity contribution in [3.8, 4) is 0 Å². The molecule has 0 bridgehead atoms. The van der Waals surface area contributed by atoms with E-state index in [0.717, 1.165) is 39.1 Å². The van der Waals surface area contributed by atoms with E-state index in [2.05, 4.69) is 52.9 Å². The summed E-state index contributed by atoms with van der Waals surface area (Å²) in [6.07, 6.45) is 8.06. The zero-order valence-corrected chi connectivity index (χ0v) is 18.8. The summed E-state index contributed by atoms with van der Waals surface area (Å²) < 4.78 is 0. The molecule has 1 aliphatic carbocycles. The molecule has 4 heterocycles. The van der Waals surface area contributed by atoms with Gasteiger partial charge in [0.25, 0.3) is 0 Å². The van der Waals surface area contributed by atoms with Crippen LogP contribution in [-0.2, 0) is 6.42 Å². The van der Waals surface area contributed by atoms with Crippen molar-refractivity contribution in [1.82, 2.24) is 14.8 Å². The monoisotopic (exact) mass is 415 g/mol. The van der Waals surface area contributed by atoms with Crippen LogP contribution >= 0.6 is 0 Å². The van der Waals surface area contributed by atoms with Gasteiger partial charge in [-0.3, -0.25) is 19.8 Å². The number of pyridine rings is 1. The first-order valence-electron chi connectivity index (χ1n) is 11.9. The van der Waals surface area contributed by atoms with Crippen molar-refractivity contribution in [3.63, 3.8) is 0 Å². The van der Waals surface area contributed by atoms with Gasteiger partial charge in [0.1, 0.15) is 0 Å². The number of anilines is 1. The maximum Gasteiger partial charge on any atom is 0.0898 e. The Hall–Kier alpha value is -2.24. The minimum atomic E-state index is 0.426. The molecule has 2 saturated heterocycles. The molecule has 5 nitrogen and oxygen atoms in total. The Labute approximate surface area is 185 Å². The molecule has 3 aliphatic heterocycles. The molecule has 1 unspecified atom stereocenters. The molecule has 31 heavy (non-hydrogen) atoms. The van der Waals surface area contributed by atoms with Crippen LogP contribution < -0.4 is 4.90 Å². The molecule has 162 valence electrons. The standard InChI is InChI=1S/C26H33N5/c1-19-6-4-12-27-24(19)22-9-5-13-30(22)17-21-16-20-7-3-8-23(25(20)28-21)31-15-14-29(2)26(18-31)10-11-26/h3-4,6-8,12,22H,5,9-11,13-18H2,1-2H3. The lowest BCUT2D eigenvalue weighted by Crippen LogP contribution is -2.53. The van der Waals surface area contributed by atoms with E-state index in [4.69, 9.17) is 9.98 Å². The number of hydrogen-bond acceptors (Lipinski definition) is 5. The highest BCUT2D eigenvalue weighted by atomic mass is 15.3. The molecule has 5 heteroatoms. The van der Waals surface area contributed by atoms with Gasteiger partial charge in [0.2, 0.25) is 0 Å². The first kappa shape index (κ1) is 19.4. The third kappa shape index (κ3) is 3.39. The zero-order chi connectivity index (χ0) is 21.0.